The zero-order valence-electron chi connectivity index (χ0n) is 10.3. The number of aryl methyl sites for hydroxylation is 1. The maximum atomic E-state index is 11.5. The summed E-state index contributed by atoms with van der Waals surface area (Å²) >= 11 is 0. The van der Waals surface area contributed by atoms with Crippen molar-refractivity contribution >= 4 is 5.78 Å². The van der Waals surface area contributed by atoms with E-state index in [2.05, 4.69) is 6.92 Å². The van der Waals surface area contributed by atoms with E-state index in [-0.39, 0.29) is 5.78 Å². The van der Waals surface area contributed by atoms with Crippen LogP contribution in [0.15, 0.2) is 12.1 Å². The minimum absolute atomic E-state index is 0.0596. The number of carbonyl (C=O) groups excluding carboxylic acids is 1. The van der Waals surface area contributed by atoms with E-state index >= 15 is 0 Å². The second-order valence-electron chi connectivity index (χ2n) is 3.67. The third kappa shape index (κ3) is 2.54. The predicted octanol–water partition coefficient (Wildman–Crippen LogP) is 2.86. The number of hydrogen-bond acceptors (Lipinski definition) is 3. The van der Waals surface area contributed by atoms with Crippen molar-refractivity contribution in [2.45, 2.75) is 26.7 Å². The summed E-state index contributed by atoms with van der Waals surface area (Å²) in [7, 11) is 3.17. The first kappa shape index (κ1) is 12.6. The first-order chi connectivity index (χ1) is 7.63. The molecule has 0 saturated heterocycles. The van der Waals surface area contributed by atoms with Gasteiger partial charge in [0.25, 0.3) is 0 Å². The molecule has 0 bridgehead atoms. The van der Waals surface area contributed by atoms with Crippen molar-refractivity contribution in [2.75, 3.05) is 14.2 Å². The third-order valence-corrected chi connectivity index (χ3v) is 2.51. The lowest BCUT2D eigenvalue weighted by Crippen LogP contribution is -2.02. The van der Waals surface area contributed by atoms with Crippen LogP contribution >= 0.6 is 0 Å². The Kier molecular flexibility index (Phi) is 4.35. The van der Waals surface area contributed by atoms with Gasteiger partial charge in [-0.3, -0.25) is 4.79 Å². The van der Waals surface area contributed by atoms with E-state index < -0.39 is 0 Å². The van der Waals surface area contributed by atoms with Crippen molar-refractivity contribution in [1.29, 1.82) is 0 Å². The van der Waals surface area contributed by atoms with Gasteiger partial charge in [0.1, 0.15) is 0 Å². The van der Waals surface area contributed by atoms with Gasteiger partial charge in [0.05, 0.1) is 14.2 Å². The van der Waals surface area contributed by atoms with Gasteiger partial charge in [-0.15, -0.1) is 0 Å². The number of ketones is 1. The van der Waals surface area contributed by atoms with Crippen LogP contribution in [-0.4, -0.2) is 20.0 Å². The van der Waals surface area contributed by atoms with Gasteiger partial charge in [-0.05, 0) is 31.0 Å². The Hall–Kier alpha value is -1.51. The Bertz CT molecular complexity index is 383. The topological polar surface area (TPSA) is 35.5 Å². The first-order valence-corrected chi connectivity index (χ1v) is 5.39. The number of methoxy groups -OCH3 is 2. The fourth-order valence-electron chi connectivity index (χ4n) is 1.72. The van der Waals surface area contributed by atoms with E-state index in [1.807, 2.05) is 6.07 Å². The molecule has 0 atom stereocenters. The van der Waals surface area contributed by atoms with Crippen molar-refractivity contribution in [2.24, 2.45) is 0 Å². The molecule has 0 aliphatic carbocycles. The standard InChI is InChI=1S/C13H18O3/c1-5-6-10-7-12(15-3)13(16-4)8-11(10)9(2)14/h7-8H,5-6H2,1-4H3. The van der Waals surface area contributed by atoms with Gasteiger partial charge in [0.15, 0.2) is 17.3 Å². The van der Waals surface area contributed by atoms with Gasteiger partial charge in [-0.25, -0.2) is 0 Å². The number of rotatable bonds is 5. The molecule has 3 heteroatoms. The number of benzene rings is 1. The van der Waals surface area contributed by atoms with Crippen molar-refractivity contribution in [3.8, 4) is 11.5 Å². The highest BCUT2D eigenvalue weighted by Gasteiger charge is 2.13. The van der Waals surface area contributed by atoms with E-state index in [1.165, 1.54) is 0 Å². The quantitative estimate of drug-likeness (QED) is 0.719. The average Bonchev–Trinajstić information content (AvgIpc) is 2.28. The van der Waals surface area contributed by atoms with Crippen molar-refractivity contribution < 1.29 is 14.3 Å². The maximum Gasteiger partial charge on any atom is 0.161 e. The zero-order valence-corrected chi connectivity index (χ0v) is 10.3. The van der Waals surface area contributed by atoms with Crippen LogP contribution < -0.4 is 9.47 Å². The Labute approximate surface area is 96.4 Å². The summed E-state index contributed by atoms with van der Waals surface area (Å²) in [6.07, 6.45) is 1.87. The minimum atomic E-state index is 0.0596. The van der Waals surface area contributed by atoms with Gasteiger partial charge in [-0.2, -0.15) is 0 Å². The number of carbonyl (C=O) groups is 1. The summed E-state index contributed by atoms with van der Waals surface area (Å²) in [6.45, 7) is 3.65. The van der Waals surface area contributed by atoms with Gasteiger partial charge >= 0.3 is 0 Å². The minimum Gasteiger partial charge on any atom is -0.493 e. The lowest BCUT2D eigenvalue weighted by Gasteiger charge is -2.12. The van der Waals surface area contributed by atoms with E-state index in [4.69, 9.17) is 9.47 Å². The highest BCUT2D eigenvalue weighted by molar-refractivity contribution is 5.96. The molecule has 1 aromatic rings. The molecule has 0 heterocycles. The Balaban J connectivity index is 3.29. The summed E-state index contributed by atoms with van der Waals surface area (Å²) in [5.74, 6) is 1.34. The monoisotopic (exact) mass is 222 g/mol. The Morgan fingerprint density at radius 3 is 2.19 bits per heavy atom. The molecule has 0 aliphatic heterocycles. The molecule has 0 aliphatic rings. The normalized spacial score (nSPS) is 10.0. The number of hydrogen-bond donors (Lipinski definition) is 0. The van der Waals surface area contributed by atoms with E-state index in [0.717, 1.165) is 24.0 Å². The van der Waals surface area contributed by atoms with Crippen LogP contribution in [0.1, 0.15) is 36.2 Å². The van der Waals surface area contributed by atoms with Crippen LogP contribution in [0.5, 0.6) is 11.5 Å². The van der Waals surface area contributed by atoms with Crippen molar-refractivity contribution in [1.82, 2.24) is 0 Å². The molecule has 1 rings (SSSR count). The predicted molar refractivity (Wildman–Crippen MR) is 63.5 cm³/mol. The second-order valence-corrected chi connectivity index (χ2v) is 3.67. The molecule has 16 heavy (non-hydrogen) atoms. The molecule has 0 amide bonds. The maximum absolute atomic E-state index is 11.5. The van der Waals surface area contributed by atoms with Crippen molar-refractivity contribution in [3.05, 3.63) is 23.3 Å². The lowest BCUT2D eigenvalue weighted by molar-refractivity contribution is 0.101. The largest absolute Gasteiger partial charge is 0.493 e. The summed E-state index contributed by atoms with van der Waals surface area (Å²) < 4.78 is 10.4. The fraction of sp³-hybridized carbons (Fsp3) is 0.462. The van der Waals surface area contributed by atoms with E-state index in [9.17, 15) is 4.79 Å². The molecule has 0 radical (unpaired) electrons. The van der Waals surface area contributed by atoms with Gasteiger partial charge in [0.2, 0.25) is 0 Å². The molecular weight excluding hydrogens is 204 g/mol. The molecule has 88 valence electrons. The smallest absolute Gasteiger partial charge is 0.161 e. The number of Topliss-reactive ketones (excluding diaryl/α,β-unsaturated/α-hetero) is 1. The highest BCUT2D eigenvalue weighted by atomic mass is 16.5. The van der Waals surface area contributed by atoms with Gasteiger partial charge in [-0.1, -0.05) is 13.3 Å². The molecular formula is C13H18O3. The van der Waals surface area contributed by atoms with Gasteiger partial charge < -0.3 is 9.47 Å². The van der Waals surface area contributed by atoms with Crippen molar-refractivity contribution in [3.63, 3.8) is 0 Å². The molecule has 0 N–H and O–H groups in total. The van der Waals surface area contributed by atoms with Crippen LogP contribution in [0.4, 0.5) is 0 Å². The Morgan fingerprint density at radius 1 is 1.19 bits per heavy atom. The fourth-order valence-corrected chi connectivity index (χ4v) is 1.72. The summed E-state index contributed by atoms with van der Waals surface area (Å²) in [5, 5.41) is 0. The van der Waals surface area contributed by atoms with Crippen LogP contribution in [0.3, 0.4) is 0 Å². The Morgan fingerprint density at radius 2 is 1.75 bits per heavy atom. The summed E-state index contributed by atoms with van der Waals surface area (Å²) in [5.41, 5.74) is 1.74. The molecule has 0 spiro atoms. The molecule has 0 unspecified atom stereocenters. The summed E-state index contributed by atoms with van der Waals surface area (Å²) in [4.78, 5) is 11.5. The summed E-state index contributed by atoms with van der Waals surface area (Å²) in [6, 6.07) is 3.64. The second kappa shape index (κ2) is 5.54. The van der Waals surface area contributed by atoms with Crippen LogP contribution in [-0.2, 0) is 6.42 Å². The lowest BCUT2D eigenvalue weighted by atomic mass is 9.99. The highest BCUT2D eigenvalue weighted by Crippen LogP contribution is 2.31. The van der Waals surface area contributed by atoms with Crippen LogP contribution in [0, 0.1) is 0 Å². The van der Waals surface area contributed by atoms with E-state index in [0.29, 0.717) is 11.5 Å². The first-order valence-electron chi connectivity index (χ1n) is 5.39. The van der Waals surface area contributed by atoms with Crippen LogP contribution in [0.2, 0.25) is 0 Å². The molecule has 0 fully saturated rings. The molecule has 0 aromatic heterocycles. The molecule has 0 saturated carbocycles. The van der Waals surface area contributed by atoms with E-state index in [1.54, 1.807) is 27.2 Å². The zero-order chi connectivity index (χ0) is 12.1. The molecule has 1 aromatic carbocycles. The molecule has 3 nitrogen and oxygen atoms in total. The number of ether oxygens (including phenoxy) is 2. The van der Waals surface area contributed by atoms with Crippen LogP contribution in [0.25, 0.3) is 0 Å². The van der Waals surface area contributed by atoms with Gasteiger partial charge in [0, 0.05) is 5.56 Å². The third-order valence-electron chi connectivity index (χ3n) is 2.51. The average molecular weight is 222 g/mol. The SMILES string of the molecule is CCCc1cc(OC)c(OC)cc1C(C)=O.